The van der Waals surface area contributed by atoms with Crippen LogP contribution in [0, 0.1) is 6.92 Å². The van der Waals surface area contributed by atoms with Gasteiger partial charge in [-0.05, 0) is 33.4 Å². The van der Waals surface area contributed by atoms with Gasteiger partial charge in [-0.3, -0.25) is 0 Å². The third-order valence-corrected chi connectivity index (χ3v) is 4.01. The Bertz CT molecular complexity index is 452. The minimum absolute atomic E-state index is 0.475. The molecule has 0 aliphatic heterocycles. The molecule has 1 heterocycles. The number of anilines is 2. The van der Waals surface area contributed by atoms with Crippen LogP contribution >= 0.6 is 11.8 Å². The van der Waals surface area contributed by atoms with Crippen molar-refractivity contribution in [2.24, 2.45) is 0 Å². The van der Waals surface area contributed by atoms with Crippen molar-refractivity contribution in [2.45, 2.75) is 46.1 Å². The Kier molecular flexibility index (Phi) is 7.25. The summed E-state index contributed by atoms with van der Waals surface area (Å²) in [6.07, 6.45) is 3.86. The van der Waals surface area contributed by atoms with E-state index in [0.717, 1.165) is 42.4 Å². The maximum atomic E-state index is 10.3. The maximum Gasteiger partial charge on any atom is 0.134 e. The Balaban J connectivity index is 2.93. The van der Waals surface area contributed by atoms with Crippen LogP contribution in [0.4, 0.5) is 11.6 Å². The van der Waals surface area contributed by atoms with E-state index in [-0.39, 0.29) is 0 Å². The maximum absolute atomic E-state index is 10.3. The molecule has 0 aliphatic carbocycles. The summed E-state index contributed by atoms with van der Waals surface area (Å²) < 4.78 is 0. The Morgan fingerprint density at radius 1 is 1.19 bits per heavy atom. The van der Waals surface area contributed by atoms with E-state index in [2.05, 4.69) is 34.4 Å². The molecular weight excluding hydrogens is 284 g/mol. The predicted octanol–water partition coefficient (Wildman–Crippen LogP) is 2.70. The first-order valence-corrected chi connectivity index (χ1v) is 8.89. The highest BCUT2D eigenvalue weighted by atomic mass is 32.2. The summed E-state index contributed by atoms with van der Waals surface area (Å²) in [5.41, 5.74) is 0.247. The van der Waals surface area contributed by atoms with Crippen molar-refractivity contribution in [1.29, 1.82) is 0 Å². The third-order valence-electron chi connectivity index (χ3n) is 3.10. The first-order valence-electron chi connectivity index (χ1n) is 7.50. The summed E-state index contributed by atoms with van der Waals surface area (Å²) in [7, 11) is 0. The highest BCUT2D eigenvalue weighted by Crippen LogP contribution is 2.21. The van der Waals surface area contributed by atoms with Gasteiger partial charge in [-0.25, -0.2) is 9.97 Å². The molecular formula is C15H28N4OS. The highest BCUT2D eigenvalue weighted by Gasteiger charge is 2.20. The third kappa shape index (κ3) is 5.71. The van der Waals surface area contributed by atoms with Crippen LogP contribution in [0.3, 0.4) is 0 Å². The second kappa shape index (κ2) is 8.44. The quantitative estimate of drug-likeness (QED) is 0.651. The topological polar surface area (TPSA) is 70.1 Å². The summed E-state index contributed by atoms with van der Waals surface area (Å²) in [5, 5.41) is 16.8. The van der Waals surface area contributed by atoms with Crippen molar-refractivity contribution >= 4 is 23.4 Å². The van der Waals surface area contributed by atoms with Gasteiger partial charge in [0, 0.05) is 30.8 Å². The molecule has 0 saturated heterocycles. The number of aliphatic hydroxyl groups is 1. The minimum Gasteiger partial charge on any atom is -0.387 e. The lowest BCUT2D eigenvalue weighted by molar-refractivity contribution is 0.0996. The average Bonchev–Trinajstić information content (AvgIpc) is 2.41. The van der Waals surface area contributed by atoms with E-state index in [4.69, 9.17) is 0 Å². The zero-order valence-electron chi connectivity index (χ0n) is 13.8. The number of hydrogen-bond acceptors (Lipinski definition) is 6. The molecule has 0 bridgehead atoms. The number of aryl methyl sites for hydroxylation is 1. The molecule has 1 unspecified atom stereocenters. The molecule has 1 rings (SSSR count). The van der Waals surface area contributed by atoms with E-state index in [9.17, 15) is 5.11 Å². The van der Waals surface area contributed by atoms with Gasteiger partial charge in [0.2, 0.25) is 0 Å². The first-order chi connectivity index (χ1) is 9.93. The van der Waals surface area contributed by atoms with Crippen LogP contribution in [0.1, 0.15) is 38.6 Å². The number of aromatic nitrogens is 2. The summed E-state index contributed by atoms with van der Waals surface area (Å²) in [6.45, 7) is 9.31. The smallest absolute Gasteiger partial charge is 0.134 e. The lowest BCUT2D eigenvalue weighted by Gasteiger charge is -2.24. The second-order valence-electron chi connectivity index (χ2n) is 5.53. The summed E-state index contributed by atoms with van der Waals surface area (Å²) in [6, 6.07) is 0. The normalized spacial score (nSPS) is 13.8. The highest BCUT2D eigenvalue weighted by molar-refractivity contribution is 7.98. The van der Waals surface area contributed by atoms with E-state index in [1.54, 1.807) is 11.8 Å². The van der Waals surface area contributed by atoms with Crippen LogP contribution in [0.5, 0.6) is 0 Å². The van der Waals surface area contributed by atoms with Gasteiger partial charge in [-0.15, -0.1) is 0 Å². The molecule has 0 aliphatic rings. The Labute approximate surface area is 132 Å². The van der Waals surface area contributed by atoms with Gasteiger partial charge >= 0.3 is 0 Å². The van der Waals surface area contributed by atoms with Crippen LogP contribution in [-0.2, 0) is 6.42 Å². The lowest BCUT2D eigenvalue weighted by atomic mass is 10.1. The zero-order valence-corrected chi connectivity index (χ0v) is 14.6. The lowest BCUT2D eigenvalue weighted by Crippen LogP contribution is -2.36. The molecule has 5 nitrogen and oxygen atoms in total. The molecule has 1 aromatic heterocycles. The summed E-state index contributed by atoms with van der Waals surface area (Å²) >= 11 is 1.64. The van der Waals surface area contributed by atoms with Crippen molar-refractivity contribution in [3.05, 3.63) is 11.4 Å². The molecule has 21 heavy (non-hydrogen) atoms. The van der Waals surface area contributed by atoms with Crippen molar-refractivity contribution in [2.75, 3.05) is 35.7 Å². The standard InChI is InChI=1S/C15H28N4OS/c1-6-8-12-18-13(16-7-2)11(3)14(19-12)17-9-15(4,20)10-21-5/h20H,6-10H2,1-5H3,(H2,16,17,18,19). The average molecular weight is 312 g/mol. The van der Waals surface area contributed by atoms with Crippen molar-refractivity contribution in [3.63, 3.8) is 0 Å². The van der Waals surface area contributed by atoms with E-state index >= 15 is 0 Å². The van der Waals surface area contributed by atoms with E-state index < -0.39 is 5.60 Å². The zero-order chi connectivity index (χ0) is 15.9. The fourth-order valence-electron chi connectivity index (χ4n) is 2.05. The monoisotopic (exact) mass is 312 g/mol. The van der Waals surface area contributed by atoms with Crippen LogP contribution in [0.2, 0.25) is 0 Å². The Hall–Kier alpha value is -1.01. The van der Waals surface area contributed by atoms with Gasteiger partial charge in [0.15, 0.2) is 0 Å². The molecule has 1 atom stereocenters. The van der Waals surface area contributed by atoms with Crippen LogP contribution in [0.25, 0.3) is 0 Å². The molecule has 0 fully saturated rings. The molecule has 0 aromatic carbocycles. The van der Waals surface area contributed by atoms with Crippen LogP contribution in [0.15, 0.2) is 0 Å². The molecule has 0 radical (unpaired) electrons. The number of nitrogens with zero attached hydrogens (tertiary/aromatic N) is 2. The van der Waals surface area contributed by atoms with Gasteiger partial charge in [0.25, 0.3) is 0 Å². The van der Waals surface area contributed by atoms with E-state index in [1.165, 1.54) is 0 Å². The summed E-state index contributed by atoms with van der Waals surface area (Å²) in [5.74, 6) is 3.21. The molecule has 6 heteroatoms. The molecule has 1 aromatic rings. The van der Waals surface area contributed by atoms with Gasteiger partial charge < -0.3 is 15.7 Å². The fraction of sp³-hybridized carbons (Fsp3) is 0.733. The van der Waals surface area contributed by atoms with Crippen molar-refractivity contribution in [3.8, 4) is 0 Å². The molecule has 3 N–H and O–H groups in total. The SMILES string of the molecule is CCCc1nc(NCC)c(C)c(NCC(C)(O)CSC)n1. The number of thioether (sulfide) groups is 1. The fourth-order valence-corrected chi connectivity index (χ4v) is 2.77. The second-order valence-corrected chi connectivity index (χ2v) is 6.39. The van der Waals surface area contributed by atoms with Gasteiger partial charge in [-0.2, -0.15) is 11.8 Å². The molecule has 0 spiro atoms. The van der Waals surface area contributed by atoms with Gasteiger partial charge in [0.05, 0.1) is 5.60 Å². The van der Waals surface area contributed by atoms with Gasteiger partial charge in [-0.1, -0.05) is 6.92 Å². The van der Waals surface area contributed by atoms with Crippen LogP contribution < -0.4 is 10.6 Å². The van der Waals surface area contributed by atoms with E-state index in [1.807, 2.05) is 20.1 Å². The minimum atomic E-state index is -0.750. The largest absolute Gasteiger partial charge is 0.387 e. The number of nitrogens with one attached hydrogen (secondary N) is 2. The first kappa shape index (κ1) is 18.0. The van der Waals surface area contributed by atoms with E-state index in [0.29, 0.717) is 12.3 Å². The van der Waals surface area contributed by atoms with Gasteiger partial charge in [0.1, 0.15) is 17.5 Å². The number of rotatable bonds is 9. The van der Waals surface area contributed by atoms with Crippen molar-refractivity contribution < 1.29 is 5.11 Å². The van der Waals surface area contributed by atoms with Crippen molar-refractivity contribution in [1.82, 2.24) is 9.97 Å². The predicted molar refractivity (Wildman–Crippen MR) is 92.4 cm³/mol. The molecule has 0 amide bonds. The molecule has 0 saturated carbocycles. The van der Waals surface area contributed by atoms with Crippen LogP contribution in [-0.4, -0.2) is 45.8 Å². The molecule has 120 valence electrons. The summed E-state index contributed by atoms with van der Waals surface area (Å²) in [4.78, 5) is 9.15. The number of hydrogen-bond donors (Lipinski definition) is 3. The Morgan fingerprint density at radius 2 is 1.81 bits per heavy atom. The Morgan fingerprint density at radius 3 is 2.33 bits per heavy atom.